The number of aryl methyl sites for hydroxylation is 1. The van der Waals surface area contributed by atoms with E-state index in [9.17, 15) is 19.2 Å². The van der Waals surface area contributed by atoms with Crippen molar-refractivity contribution in [2.75, 3.05) is 61.5 Å². The third kappa shape index (κ3) is 8.71. The van der Waals surface area contributed by atoms with Gasteiger partial charge < -0.3 is 35.5 Å². The number of benzene rings is 2. The number of fused-ring (bicyclic) bond motifs is 5. The number of rotatable bonds is 7. The minimum atomic E-state index is -1.06. The number of anilines is 3. The molecule has 3 fully saturated rings. The molecule has 4 amide bonds. The van der Waals surface area contributed by atoms with E-state index < -0.39 is 35.3 Å². The number of piperidine rings is 2. The molecule has 6 heterocycles. The number of pyridine rings is 1. The Hall–Kier alpha value is -6.19. The zero-order valence-electron chi connectivity index (χ0n) is 34.7. The second-order valence-electron chi connectivity index (χ2n) is 16.8. The van der Waals surface area contributed by atoms with Crippen molar-refractivity contribution < 1.29 is 32.7 Å². The van der Waals surface area contributed by atoms with Gasteiger partial charge >= 0.3 is 0 Å². The minimum absolute atomic E-state index is 0.0211. The summed E-state index contributed by atoms with van der Waals surface area (Å²) in [5.41, 5.74) is 4.85. The van der Waals surface area contributed by atoms with Gasteiger partial charge in [0.05, 0.1) is 41.1 Å². The number of nitrogens with one attached hydrogen (secondary N) is 4. The van der Waals surface area contributed by atoms with Crippen LogP contribution in [0.2, 0.25) is 0 Å². The number of nitrogens with zero attached hydrogens (tertiary/aromatic N) is 5. The highest BCUT2D eigenvalue weighted by Crippen LogP contribution is 2.38. The topological polar surface area (TPSA) is 172 Å². The minimum Gasteiger partial charge on any atom is -0.479 e. The predicted molar refractivity (Wildman–Crippen MR) is 227 cm³/mol. The summed E-state index contributed by atoms with van der Waals surface area (Å²) in [6.07, 6.45) is 5.42. The highest BCUT2D eigenvalue weighted by molar-refractivity contribution is 6.19. The molecule has 61 heavy (non-hydrogen) atoms. The molecule has 0 aliphatic carbocycles. The number of ether oxygens (including phenoxy) is 1. The first kappa shape index (κ1) is 41.5. The van der Waals surface area contributed by atoms with E-state index in [0.717, 1.165) is 49.0 Å². The van der Waals surface area contributed by atoms with Crippen LogP contribution in [0.15, 0.2) is 53.3 Å². The van der Waals surface area contributed by atoms with Gasteiger partial charge in [0.15, 0.2) is 5.88 Å². The molecule has 14 nitrogen and oxygen atoms in total. The fourth-order valence-corrected chi connectivity index (χ4v) is 9.10. The molecule has 5 aliphatic rings. The molecule has 320 valence electrons. The molecule has 0 spiro atoms. The van der Waals surface area contributed by atoms with E-state index >= 15 is 8.78 Å². The molecule has 2 atom stereocenters. The van der Waals surface area contributed by atoms with Crippen molar-refractivity contribution in [2.45, 2.75) is 64.7 Å². The molecular weight excluding hydrogens is 785 g/mol. The summed E-state index contributed by atoms with van der Waals surface area (Å²) < 4.78 is 36.4. The summed E-state index contributed by atoms with van der Waals surface area (Å²) in [6.45, 7) is 7.02. The Morgan fingerprint density at radius 2 is 1.75 bits per heavy atom. The van der Waals surface area contributed by atoms with Crippen molar-refractivity contribution in [3.8, 4) is 0 Å². The first-order valence-corrected chi connectivity index (χ1v) is 21.1. The van der Waals surface area contributed by atoms with Crippen molar-refractivity contribution >= 4 is 58.4 Å². The molecule has 3 aromatic rings. The Balaban J connectivity index is 0.898. The van der Waals surface area contributed by atoms with Crippen LogP contribution in [0.1, 0.15) is 84.2 Å². The Bertz CT molecular complexity index is 2310. The second kappa shape index (κ2) is 17.4. The van der Waals surface area contributed by atoms with Crippen LogP contribution in [0.4, 0.5) is 25.8 Å². The summed E-state index contributed by atoms with van der Waals surface area (Å²) in [5.74, 6) is -3.04. The van der Waals surface area contributed by atoms with Crippen LogP contribution in [-0.4, -0.2) is 92.1 Å². The summed E-state index contributed by atoms with van der Waals surface area (Å²) in [6, 6.07) is 12.1. The van der Waals surface area contributed by atoms with Gasteiger partial charge in [0.2, 0.25) is 23.7 Å². The number of carbonyl (C=O) groups excluding carboxylic acids is 4. The van der Waals surface area contributed by atoms with Gasteiger partial charge in [-0.05, 0) is 99.2 Å². The third-order valence-corrected chi connectivity index (χ3v) is 12.4. The van der Waals surface area contributed by atoms with E-state index in [1.54, 1.807) is 31.0 Å². The lowest BCUT2D eigenvalue weighted by molar-refractivity contribution is -0.138. The van der Waals surface area contributed by atoms with Crippen LogP contribution < -0.4 is 25.8 Å². The maximum absolute atomic E-state index is 15.2. The van der Waals surface area contributed by atoms with Crippen molar-refractivity contribution in [2.24, 2.45) is 22.7 Å². The van der Waals surface area contributed by atoms with E-state index in [4.69, 9.17) is 10.1 Å². The normalized spacial score (nSPS) is 23.6. The van der Waals surface area contributed by atoms with Crippen LogP contribution >= 0.6 is 0 Å². The number of allylic oxidation sites excluding steroid dienone is 1. The standard InChI is InChI=1S/C45H51F2N9O5/c1-25-5-4-14-61-43(49-3)33(21-48)37-18-29(15-26(2)50-37)41(58)53-45-51-36-8-6-28(17-38(36)56(45)22-25)16-27-10-12-54(13-11-27)44(60)30-23-55(24-30)31-19-34(46)40(35(47)20-31)32-7-9-39(57)52-42(32)59/h6,8,15,17-21,25,27,30,32,48-49H,4-5,7,9-14,16,22-24H2,1-3H3,(H,51,53,58)(H,52,57,59)/b43-33-,48-21?/t25-,32-/m1/s1. The van der Waals surface area contributed by atoms with Crippen LogP contribution in [0.5, 0.6) is 0 Å². The van der Waals surface area contributed by atoms with Crippen molar-refractivity contribution in [1.29, 1.82) is 5.41 Å². The lowest BCUT2D eigenvalue weighted by atomic mass is 9.88. The van der Waals surface area contributed by atoms with Gasteiger partial charge in [-0.1, -0.05) is 13.0 Å². The SMILES string of the molecule is CN/C1=C(\C=N)c2cc(cc(C)n2)C(=O)/N=C2\Nc3ccc(CC4CCN(C(=O)C5CN(c6cc(F)c([C@H]7CCC(=O)NC7=O)c(F)c6)C5)CC4)cc3N2C[C@H](C)CCCO1. The maximum Gasteiger partial charge on any atom is 0.280 e. The summed E-state index contributed by atoms with van der Waals surface area (Å²) >= 11 is 0. The largest absolute Gasteiger partial charge is 0.479 e. The number of amides is 4. The number of hydrogen-bond acceptors (Lipinski definition) is 11. The zero-order chi connectivity index (χ0) is 42.9. The molecule has 16 heteroatoms. The number of carbonyl (C=O) groups is 4. The monoisotopic (exact) mass is 835 g/mol. The number of aromatic nitrogens is 1. The van der Waals surface area contributed by atoms with Gasteiger partial charge in [0.25, 0.3) is 5.91 Å². The van der Waals surface area contributed by atoms with Gasteiger partial charge in [0, 0.05) is 74.9 Å². The average Bonchev–Trinajstić information content (AvgIpc) is 3.53. The molecule has 1 aromatic heterocycles. The third-order valence-electron chi connectivity index (χ3n) is 12.4. The van der Waals surface area contributed by atoms with E-state index in [1.165, 1.54) is 18.3 Å². The molecule has 8 rings (SSSR count). The van der Waals surface area contributed by atoms with Crippen LogP contribution in [0, 0.1) is 41.7 Å². The van der Waals surface area contributed by atoms with Gasteiger partial charge in [-0.25, -0.2) is 8.78 Å². The molecule has 4 N–H and O–H groups in total. The fourth-order valence-electron chi connectivity index (χ4n) is 9.10. The van der Waals surface area contributed by atoms with Crippen LogP contribution in [0.25, 0.3) is 5.57 Å². The van der Waals surface area contributed by atoms with Crippen LogP contribution in [0.3, 0.4) is 0 Å². The molecular formula is C45H51F2N9O5. The Labute approximate surface area is 353 Å². The van der Waals surface area contributed by atoms with E-state index in [0.29, 0.717) is 85.3 Å². The Kier molecular flexibility index (Phi) is 11.9. The van der Waals surface area contributed by atoms with Crippen LogP contribution in [-0.2, 0) is 25.5 Å². The van der Waals surface area contributed by atoms with Gasteiger partial charge in [-0.15, -0.1) is 0 Å². The number of imide groups is 1. The van der Waals surface area contributed by atoms with Crippen molar-refractivity contribution in [3.63, 3.8) is 0 Å². The number of halogens is 2. The Morgan fingerprint density at radius 1 is 1.00 bits per heavy atom. The summed E-state index contributed by atoms with van der Waals surface area (Å²) in [5, 5.41) is 16.7. The quantitative estimate of drug-likeness (QED) is 0.176. The highest BCUT2D eigenvalue weighted by Gasteiger charge is 2.39. The van der Waals surface area contributed by atoms with Crippen molar-refractivity contribution in [1.82, 2.24) is 20.5 Å². The smallest absolute Gasteiger partial charge is 0.280 e. The lowest BCUT2D eigenvalue weighted by Gasteiger charge is -2.43. The van der Waals surface area contributed by atoms with Gasteiger partial charge in [-0.3, -0.25) is 29.5 Å². The molecule has 0 radical (unpaired) electrons. The molecule has 0 unspecified atom stereocenters. The number of hydrogen-bond donors (Lipinski definition) is 4. The number of aliphatic imine (C=N–C) groups is 1. The van der Waals surface area contributed by atoms with E-state index in [-0.39, 0.29) is 36.1 Å². The lowest BCUT2D eigenvalue weighted by Crippen LogP contribution is -2.55. The highest BCUT2D eigenvalue weighted by atomic mass is 19.1. The number of guanidine groups is 1. The molecule has 2 aromatic carbocycles. The van der Waals surface area contributed by atoms with Gasteiger partial charge in [-0.2, -0.15) is 4.99 Å². The summed E-state index contributed by atoms with van der Waals surface area (Å²) in [4.78, 5) is 66.0. The zero-order valence-corrected chi connectivity index (χ0v) is 34.7. The average molecular weight is 836 g/mol. The molecule has 2 bridgehead atoms. The first-order valence-electron chi connectivity index (χ1n) is 21.1. The fraction of sp³-hybridized carbons (Fsp3) is 0.444. The Morgan fingerprint density at radius 3 is 2.46 bits per heavy atom. The predicted octanol–water partition coefficient (Wildman–Crippen LogP) is 5.52. The molecule has 3 saturated heterocycles. The first-order chi connectivity index (χ1) is 29.4. The van der Waals surface area contributed by atoms with Crippen molar-refractivity contribution in [3.05, 3.63) is 88.1 Å². The van der Waals surface area contributed by atoms with E-state index in [1.807, 2.05) is 11.0 Å². The molecule has 0 saturated carbocycles. The maximum atomic E-state index is 15.2. The molecule has 5 aliphatic heterocycles. The summed E-state index contributed by atoms with van der Waals surface area (Å²) in [7, 11) is 1.73. The second-order valence-corrected chi connectivity index (χ2v) is 16.8. The van der Waals surface area contributed by atoms with E-state index in [2.05, 4.69) is 49.9 Å². The number of likely N-dealkylation sites (tertiary alicyclic amines) is 1. The van der Waals surface area contributed by atoms with Gasteiger partial charge in [0.1, 0.15) is 11.6 Å².